The molecule has 0 spiro atoms. The zero-order chi connectivity index (χ0) is 14.4. The Morgan fingerprint density at radius 1 is 1.37 bits per heavy atom. The molecular formula is C12H21N5O2. The van der Waals surface area contributed by atoms with Crippen molar-refractivity contribution in [2.24, 2.45) is 0 Å². The van der Waals surface area contributed by atoms with Crippen molar-refractivity contribution in [3.63, 3.8) is 0 Å². The number of nitrogens with zero attached hydrogens (tertiary/aromatic N) is 4. The highest BCUT2D eigenvalue weighted by Gasteiger charge is 2.09. The minimum Gasteiger partial charge on any atom is -0.480 e. The summed E-state index contributed by atoms with van der Waals surface area (Å²) in [6, 6.07) is 1.76. The molecule has 0 atom stereocenters. The number of hydrogen-bond acceptors (Lipinski definition) is 6. The van der Waals surface area contributed by atoms with Crippen molar-refractivity contribution in [2.75, 3.05) is 51.0 Å². The van der Waals surface area contributed by atoms with Gasteiger partial charge in [0.05, 0.1) is 0 Å². The van der Waals surface area contributed by atoms with Gasteiger partial charge in [0.15, 0.2) is 0 Å². The van der Waals surface area contributed by atoms with Crippen molar-refractivity contribution in [1.29, 1.82) is 0 Å². The summed E-state index contributed by atoms with van der Waals surface area (Å²) >= 11 is 0. The molecule has 1 aromatic rings. The number of carbonyl (C=O) groups is 1. The zero-order valence-electron chi connectivity index (χ0n) is 11.8. The van der Waals surface area contributed by atoms with Crippen LogP contribution in [-0.2, 0) is 4.79 Å². The maximum Gasteiger partial charge on any atom is 0.323 e. The number of rotatable bonds is 7. The molecule has 2 N–H and O–H groups in total. The first-order valence-electron chi connectivity index (χ1n) is 6.05. The maximum absolute atomic E-state index is 10.7. The first-order valence-corrected chi connectivity index (χ1v) is 6.05. The van der Waals surface area contributed by atoms with Gasteiger partial charge in [0.25, 0.3) is 0 Å². The molecule has 0 bridgehead atoms. The third-order valence-corrected chi connectivity index (χ3v) is 2.45. The predicted molar refractivity (Wildman–Crippen MR) is 74.7 cm³/mol. The summed E-state index contributed by atoms with van der Waals surface area (Å²) in [6.07, 6.45) is 0. The van der Waals surface area contributed by atoms with E-state index in [9.17, 15) is 4.79 Å². The van der Waals surface area contributed by atoms with Crippen LogP contribution in [0.25, 0.3) is 0 Å². The van der Waals surface area contributed by atoms with Crippen LogP contribution < -0.4 is 10.2 Å². The van der Waals surface area contributed by atoms with Crippen LogP contribution >= 0.6 is 0 Å². The van der Waals surface area contributed by atoms with Gasteiger partial charge in [-0.3, -0.25) is 4.79 Å². The van der Waals surface area contributed by atoms with Gasteiger partial charge in [-0.25, -0.2) is 9.97 Å². The van der Waals surface area contributed by atoms with Gasteiger partial charge in [0, 0.05) is 26.2 Å². The van der Waals surface area contributed by atoms with E-state index in [4.69, 9.17) is 5.11 Å². The van der Waals surface area contributed by atoms with Gasteiger partial charge >= 0.3 is 5.97 Å². The Labute approximate surface area is 113 Å². The lowest BCUT2D eigenvalue weighted by atomic mass is 10.4. The summed E-state index contributed by atoms with van der Waals surface area (Å²) in [5.41, 5.74) is 0. The van der Waals surface area contributed by atoms with Crippen molar-refractivity contribution < 1.29 is 9.90 Å². The summed E-state index contributed by atoms with van der Waals surface area (Å²) in [5.74, 6) is 1.03. The number of aromatic nitrogens is 2. The van der Waals surface area contributed by atoms with Crippen LogP contribution in [0.2, 0.25) is 0 Å². The number of hydrogen-bond donors (Lipinski definition) is 2. The second-order valence-electron chi connectivity index (χ2n) is 4.64. The molecule has 0 aromatic carbocycles. The molecule has 0 aliphatic carbocycles. The number of likely N-dealkylation sites (N-methyl/N-ethyl adjacent to an activating group) is 2. The quantitative estimate of drug-likeness (QED) is 0.734. The largest absolute Gasteiger partial charge is 0.480 e. The minimum atomic E-state index is -0.888. The number of aliphatic carboxylic acids is 1. The van der Waals surface area contributed by atoms with Crippen LogP contribution in [0.3, 0.4) is 0 Å². The minimum absolute atomic E-state index is 0.0897. The number of aryl methyl sites for hydroxylation is 1. The Balaban J connectivity index is 2.73. The predicted octanol–water partition coefficient (Wildman–Crippen LogP) is 0.279. The Morgan fingerprint density at radius 2 is 2.05 bits per heavy atom. The SMILES string of the molecule is Cc1nc(NCCN(C)C)cc(N(C)CC(=O)O)n1. The van der Waals surface area contributed by atoms with Crippen LogP contribution in [0.4, 0.5) is 11.6 Å². The van der Waals surface area contributed by atoms with E-state index in [-0.39, 0.29) is 6.54 Å². The smallest absolute Gasteiger partial charge is 0.323 e. The second-order valence-corrected chi connectivity index (χ2v) is 4.64. The van der Waals surface area contributed by atoms with Crippen molar-refractivity contribution >= 4 is 17.6 Å². The Hall–Kier alpha value is -1.89. The molecular weight excluding hydrogens is 246 g/mol. The number of anilines is 2. The van der Waals surface area contributed by atoms with Crippen LogP contribution in [-0.4, -0.2) is 66.7 Å². The number of carboxylic acids is 1. The van der Waals surface area contributed by atoms with Crippen LogP contribution in [0.15, 0.2) is 6.07 Å². The van der Waals surface area contributed by atoms with E-state index in [1.165, 1.54) is 0 Å². The van der Waals surface area contributed by atoms with Gasteiger partial charge in [-0.2, -0.15) is 0 Å². The fourth-order valence-electron chi connectivity index (χ4n) is 1.53. The van der Waals surface area contributed by atoms with Crippen molar-refractivity contribution in [1.82, 2.24) is 14.9 Å². The third-order valence-electron chi connectivity index (χ3n) is 2.45. The third kappa shape index (κ3) is 5.52. The molecule has 106 valence electrons. The molecule has 0 unspecified atom stereocenters. The molecule has 1 rings (SSSR count). The first kappa shape index (κ1) is 15.2. The highest BCUT2D eigenvalue weighted by Crippen LogP contribution is 2.14. The van der Waals surface area contributed by atoms with E-state index >= 15 is 0 Å². The average Bonchev–Trinajstić information content (AvgIpc) is 2.26. The average molecular weight is 267 g/mol. The molecule has 1 heterocycles. The van der Waals surface area contributed by atoms with Crippen LogP contribution in [0.5, 0.6) is 0 Å². The van der Waals surface area contributed by atoms with Gasteiger partial charge in [0.1, 0.15) is 24.0 Å². The topological polar surface area (TPSA) is 81.6 Å². The monoisotopic (exact) mass is 267 g/mol. The fraction of sp³-hybridized carbons (Fsp3) is 0.583. The van der Waals surface area contributed by atoms with Gasteiger partial charge in [0.2, 0.25) is 0 Å². The Morgan fingerprint density at radius 3 is 2.63 bits per heavy atom. The maximum atomic E-state index is 10.7. The van der Waals surface area contributed by atoms with Crippen molar-refractivity contribution in [3.05, 3.63) is 11.9 Å². The van der Waals surface area contributed by atoms with E-state index in [1.807, 2.05) is 14.1 Å². The standard InChI is InChI=1S/C12H21N5O2/c1-9-14-10(13-5-6-16(2)3)7-11(15-9)17(4)8-12(18)19/h7H,5-6,8H2,1-4H3,(H,18,19)(H,13,14,15). The van der Waals surface area contributed by atoms with E-state index < -0.39 is 5.97 Å². The molecule has 0 saturated heterocycles. The summed E-state index contributed by atoms with van der Waals surface area (Å²) in [4.78, 5) is 22.8. The van der Waals surface area contributed by atoms with E-state index in [0.29, 0.717) is 17.5 Å². The molecule has 0 fully saturated rings. The highest BCUT2D eigenvalue weighted by atomic mass is 16.4. The number of carboxylic acid groups (broad SMARTS) is 1. The molecule has 7 nitrogen and oxygen atoms in total. The normalized spacial score (nSPS) is 10.6. The second kappa shape index (κ2) is 6.89. The fourth-order valence-corrected chi connectivity index (χ4v) is 1.53. The number of nitrogens with one attached hydrogen (secondary N) is 1. The first-order chi connectivity index (χ1) is 8.88. The molecule has 7 heteroatoms. The molecule has 19 heavy (non-hydrogen) atoms. The van der Waals surface area contributed by atoms with Gasteiger partial charge in [-0.1, -0.05) is 0 Å². The van der Waals surface area contributed by atoms with Gasteiger partial charge < -0.3 is 20.2 Å². The summed E-state index contributed by atoms with van der Waals surface area (Å²) in [5, 5.41) is 12.0. The molecule has 0 aliphatic heterocycles. The van der Waals surface area contributed by atoms with Gasteiger partial charge in [-0.05, 0) is 21.0 Å². The lowest BCUT2D eigenvalue weighted by Crippen LogP contribution is -2.26. The molecule has 1 aromatic heterocycles. The molecule has 0 radical (unpaired) electrons. The Bertz CT molecular complexity index is 436. The molecule has 0 amide bonds. The van der Waals surface area contributed by atoms with Gasteiger partial charge in [-0.15, -0.1) is 0 Å². The summed E-state index contributed by atoms with van der Waals surface area (Å²) in [6.45, 7) is 3.36. The van der Waals surface area contributed by atoms with E-state index in [2.05, 4.69) is 20.2 Å². The lowest BCUT2D eigenvalue weighted by Gasteiger charge is -2.17. The highest BCUT2D eigenvalue weighted by molar-refractivity contribution is 5.73. The van der Waals surface area contributed by atoms with Crippen LogP contribution in [0, 0.1) is 6.92 Å². The van der Waals surface area contributed by atoms with E-state index in [1.54, 1.807) is 24.9 Å². The van der Waals surface area contributed by atoms with Crippen molar-refractivity contribution in [3.8, 4) is 0 Å². The van der Waals surface area contributed by atoms with Crippen molar-refractivity contribution in [2.45, 2.75) is 6.92 Å². The van der Waals surface area contributed by atoms with Crippen LogP contribution in [0.1, 0.15) is 5.82 Å². The molecule has 0 aliphatic rings. The lowest BCUT2D eigenvalue weighted by molar-refractivity contribution is -0.135. The summed E-state index contributed by atoms with van der Waals surface area (Å²) < 4.78 is 0. The summed E-state index contributed by atoms with van der Waals surface area (Å²) in [7, 11) is 5.69. The van der Waals surface area contributed by atoms with E-state index in [0.717, 1.165) is 13.1 Å². The zero-order valence-corrected chi connectivity index (χ0v) is 11.8. The Kier molecular flexibility index (Phi) is 5.50. The molecule has 0 saturated carbocycles.